The maximum atomic E-state index is 12.4. The second kappa shape index (κ2) is 10.2. The molecule has 0 aliphatic carbocycles. The summed E-state index contributed by atoms with van der Waals surface area (Å²) in [6.45, 7) is 1.16. The lowest BCUT2D eigenvalue weighted by Gasteiger charge is -2.22. The molecule has 1 heterocycles. The number of benzene rings is 1. The van der Waals surface area contributed by atoms with Crippen molar-refractivity contribution in [3.05, 3.63) is 66.0 Å². The van der Waals surface area contributed by atoms with Crippen LogP contribution in [0.25, 0.3) is 0 Å². The lowest BCUT2D eigenvalue weighted by Crippen LogP contribution is -2.37. The van der Waals surface area contributed by atoms with Crippen molar-refractivity contribution in [2.24, 2.45) is 0 Å². The molecule has 7 heteroatoms. The van der Waals surface area contributed by atoms with E-state index in [1.54, 1.807) is 24.3 Å². The zero-order valence-electron chi connectivity index (χ0n) is 15.9. The van der Waals surface area contributed by atoms with E-state index in [9.17, 15) is 13.2 Å². The van der Waals surface area contributed by atoms with E-state index in [1.165, 1.54) is 10.6 Å². The van der Waals surface area contributed by atoms with Gasteiger partial charge in [0, 0.05) is 45.5 Å². The summed E-state index contributed by atoms with van der Waals surface area (Å²) < 4.78 is 25.5. The molecular formula is C20H27N3O3S. The van der Waals surface area contributed by atoms with Gasteiger partial charge in [0.05, 0.1) is 6.26 Å². The van der Waals surface area contributed by atoms with Gasteiger partial charge in [0.25, 0.3) is 0 Å². The molecule has 1 amide bonds. The molecule has 0 bridgehead atoms. The Balaban J connectivity index is 1.83. The Morgan fingerprint density at radius 3 is 2.15 bits per heavy atom. The number of hydrogen-bond acceptors (Lipinski definition) is 4. The third kappa shape index (κ3) is 7.48. The second-order valence-electron chi connectivity index (χ2n) is 6.57. The van der Waals surface area contributed by atoms with Gasteiger partial charge in [-0.15, -0.1) is 0 Å². The fourth-order valence-electron chi connectivity index (χ4n) is 2.72. The van der Waals surface area contributed by atoms with E-state index in [1.807, 2.05) is 42.5 Å². The van der Waals surface area contributed by atoms with Crippen LogP contribution in [0.15, 0.2) is 54.9 Å². The molecule has 2 aromatic rings. The predicted octanol–water partition coefficient (Wildman–Crippen LogP) is 1.98. The van der Waals surface area contributed by atoms with Gasteiger partial charge in [-0.1, -0.05) is 30.3 Å². The van der Waals surface area contributed by atoms with Crippen molar-refractivity contribution in [1.29, 1.82) is 0 Å². The van der Waals surface area contributed by atoms with Gasteiger partial charge in [0.2, 0.25) is 15.9 Å². The summed E-state index contributed by atoms with van der Waals surface area (Å²) >= 11 is 0. The van der Waals surface area contributed by atoms with E-state index in [4.69, 9.17) is 0 Å². The highest BCUT2D eigenvalue weighted by Crippen LogP contribution is 2.07. The van der Waals surface area contributed by atoms with Gasteiger partial charge in [0.15, 0.2) is 0 Å². The van der Waals surface area contributed by atoms with E-state index < -0.39 is 10.0 Å². The standard InChI is InChI=1S/C20H27N3O3S/c1-22(15-10-19-8-13-21-14-9-19)20(24)12-17-23(27(2,25)26)16-11-18-6-4-3-5-7-18/h3-9,13-14H,10-12,15-17H2,1-2H3. The quantitative estimate of drug-likeness (QED) is 0.623. The van der Waals surface area contributed by atoms with Crippen LogP contribution in [0.1, 0.15) is 17.5 Å². The van der Waals surface area contributed by atoms with Crippen molar-refractivity contribution in [3.8, 4) is 0 Å². The van der Waals surface area contributed by atoms with Crippen LogP contribution in [-0.4, -0.2) is 61.5 Å². The van der Waals surface area contributed by atoms with Crippen LogP contribution in [0.5, 0.6) is 0 Å². The maximum absolute atomic E-state index is 12.4. The first-order valence-electron chi connectivity index (χ1n) is 8.98. The molecule has 2 rings (SSSR count). The van der Waals surface area contributed by atoms with E-state index in [2.05, 4.69) is 4.98 Å². The SMILES string of the molecule is CN(CCc1ccncc1)C(=O)CCN(CCc1ccccc1)S(C)(=O)=O. The third-order valence-corrected chi connectivity index (χ3v) is 5.75. The number of carbonyl (C=O) groups is 1. The Morgan fingerprint density at radius 2 is 1.52 bits per heavy atom. The molecule has 0 spiro atoms. The lowest BCUT2D eigenvalue weighted by atomic mass is 10.1. The molecule has 0 atom stereocenters. The van der Waals surface area contributed by atoms with E-state index in [0.29, 0.717) is 19.5 Å². The zero-order chi connectivity index (χ0) is 19.7. The monoisotopic (exact) mass is 389 g/mol. The zero-order valence-corrected chi connectivity index (χ0v) is 16.7. The van der Waals surface area contributed by atoms with Gasteiger partial charge in [-0.25, -0.2) is 12.7 Å². The van der Waals surface area contributed by atoms with Crippen molar-refractivity contribution >= 4 is 15.9 Å². The van der Waals surface area contributed by atoms with E-state index >= 15 is 0 Å². The number of pyridine rings is 1. The number of sulfonamides is 1. The number of rotatable bonds is 10. The van der Waals surface area contributed by atoms with Crippen LogP contribution in [0.2, 0.25) is 0 Å². The van der Waals surface area contributed by atoms with Crippen molar-refractivity contribution in [3.63, 3.8) is 0 Å². The van der Waals surface area contributed by atoms with Gasteiger partial charge in [0.1, 0.15) is 0 Å². The first-order chi connectivity index (χ1) is 12.9. The number of aromatic nitrogens is 1. The van der Waals surface area contributed by atoms with Crippen LogP contribution < -0.4 is 0 Å². The summed E-state index contributed by atoms with van der Waals surface area (Å²) in [5.74, 6) is -0.0579. The van der Waals surface area contributed by atoms with Gasteiger partial charge in [-0.05, 0) is 36.1 Å². The molecule has 0 aliphatic rings. The minimum Gasteiger partial charge on any atom is -0.345 e. The highest BCUT2D eigenvalue weighted by molar-refractivity contribution is 7.88. The minimum absolute atomic E-state index is 0.0579. The van der Waals surface area contributed by atoms with Crippen LogP contribution in [0.4, 0.5) is 0 Å². The number of carbonyl (C=O) groups excluding carboxylic acids is 1. The van der Waals surface area contributed by atoms with Crippen molar-refractivity contribution in [1.82, 2.24) is 14.2 Å². The van der Waals surface area contributed by atoms with Crippen LogP contribution in [-0.2, 0) is 27.7 Å². The Labute approximate surface area is 161 Å². The lowest BCUT2D eigenvalue weighted by molar-refractivity contribution is -0.130. The molecule has 0 N–H and O–H groups in total. The van der Waals surface area contributed by atoms with Crippen molar-refractivity contribution in [2.45, 2.75) is 19.3 Å². The summed E-state index contributed by atoms with van der Waals surface area (Å²) in [5, 5.41) is 0. The molecule has 0 saturated carbocycles. The first-order valence-corrected chi connectivity index (χ1v) is 10.8. The second-order valence-corrected chi connectivity index (χ2v) is 8.55. The summed E-state index contributed by atoms with van der Waals surface area (Å²) in [6, 6.07) is 13.6. The van der Waals surface area contributed by atoms with Gasteiger partial charge in [-0.3, -0.25) is 9.78 Å². The van der Waals surface area contributed by atoms with Crippen LogP contribution in [0.3, 0.4) is 0 Å². The highest BCUT2D eigenvalue weighted by atomic mass is 32.2. The molecule has 1 aromatic heterocycles. The molecule has 146 valence electrons. The van der Waals surface area contributed by atoms with Gasteiger partial charge >= 0.3 is 0 Å². The van der Waals surface area contributed by atoms with E-state index in [-0.39, 0.29) is 18.9 Å². The number of nitrogens with zero attached hydrogens (tertiary/aromatic N) is 3. The average Bonchev–Trinajstić information content (AvgIpc) is 2.66. The molecule has 1 aromatic carbocycles. The summed E-state index contributed by atoms with van der Waals surface area (Å²) in [4.78, 5) is 18.0. The fraction of sp³-hybridized carbons (Fsp3) is 0.400. The third-order valence-electron chi connectivity index (χ3n) is 4.45. The van der Waals surface area contributed by atoms with Gasteiger partial charge in [-0.2, -0.15) is 0 Å². The average molecular weight is 390 g/mol. The number of amides is 1. The Bertz CT molecular complexity index is 811. The first kappa shape index (κ1) is 21.1. The fourth-order valence-corrected chi connectivity index (χ4v) is 3.57. The maximum Gasteiger partial charge on any atom is 0.223 e. The molecule has 0 fully saturated rings. The molecular weight excluding hydrogens is 362 g/mol. The largest absolute Gasteiger partial charge is 0.345 e. The summed E-state index contributed by atoms with van der Waals surface area (Å²) in [7, 11) is -1.61. The minimum atomic E-state index is -3.36. The molecule has 6 nitrogen and oxygen atoms in total. The Kier molecular flexibility index (Phi) is 7.94. The highest BCUT2D eigenvalue weighted by Gasteiger charge is 2.19. The van der Waals surface area contributed by atoms with Crippen LogP contribution in [0, 0.1) is 0 Å². The predicted molar refractivity (Wildman–Crippen MR) is 107 cm³/mol. The van der Waals surface area contributed by atoms with Crippen LogP contribution >= 0.6 is 0 Å². The number of hydrogen-bond donors (Lipinski definition) is 0. The molecule has 0 saturated heterocycles. The molecule has 0 radical (unpaired) electrons. The summed E-state index contributed by atoms with van der Waals surface area (Å²) in [6.07, 6.45) is 6.20. The number of likely N-dealkylation sites (N-methyl/N-ethyl adjacent to an activating group) is 1. The Morgan fingerprint density at radius 1 is 0.926 bits per heavy atom. The van der Waals surface area contributed by atoms with Crippen molar-refractivity contribution < 1.29 is 13.2 Å². The normalized spacial score (nSPS) is 11.5. The molecule has 0 unspecified atom stereocenters. The molecule has 27 heavy (non-hydrogen) atoms. The summed E-state index contributed by atoms with van der Waals surface area (Å²) in [5.41, 5.74) is 2.19. The molecule has 0 aliphatic heterocycles. The smallest absolute Gasteiger partial charge is 0.223 e. The topological polar surface area (TPSA) is 70.6 Å². The van der Waals surface area contributed by atoms with Gasteiger partial charge < -0.3 is 4.90 Å². The Hall–Kier alpha value is -2.25. The van der Waals surface area contributed by atoms with E-state index in [0.717, 1.165) is 17.5 Å². The van der Waals surface area contributed by atoms with Crippen molar-refractivity contribution in [2.75, 3.05) is 32.9 Å².